The van der Waals surface area contributed by atoms with Crippen molar-refractivity contribution in [2.75, 3.05) is 12.4 Å². The van der Waals surface area contributed by atoms with E-state index in [1.807, 2.05) is 46.0 Å². The van der Waals surface area contributed by atoms with E-state index in [4.69, 9.17) is 11.6 Å². The topological polar surface area (TPSA) is 74.2 Å². The van der Waals surface area contributed by atoms with Gasteiger partial charge >= 0.3 is 0 Å². The summed E-state index contributed by atoms with van der Waals surface area (Å²) in [5, 5.41) is 18.4. The Hall–Kier alpha value is -2.63. The van der Waals surface area contributed by atoms with Gasteiger partial charge in [0.05, 0.1) is 21.8 Å². The van der Waals surface area contributed by atoms with E-state index >= 15 is 0 Å². The normalized spacial score (nSPS) is 18.6. The molecular weight excluding hydrogens is 434 g/mol. The first kappa shape index (κ1) is 23.5. The van der Waals surface area contributed by atoms with Gasteiger partial charge in [-0.1, -0.05) is 31.5 Å². The summed E-state index contributed by atoms with van der Waals surface area (Å²) in [6, 6.07) is 10.6. The van der Waals surface area contributed by atoms with Gasteiger partial charge in [0.2, 0.25) is 0 Å². The highest BCUT2D eigenvalue weighted by molar-refractivity contribution is 6.32. The van der Waals surface area contributed by atoms with Gasteiger partial charge in [0.1, 0.15) is 5.75 Å². The van der Waals surface area contributed by atoms with Crippen LogP contribution in [0.15, 0.2) is 36.5 Å². The van der Waals surface area contributed by atoms with Crippen LogP contribution in [0.5, 0.6) is 5.75 Å². The Morgan fingerprint density at radius 1 is 1.09 bits per heavy atom. The van der Waals surface area contributed by atoms with Crippen LogP contribution < -0.4 is 10.6 Å². The molecule has 0 spiro atoms. The average molecular weight is 466 g/mol. The molecule has 1 fully saturated rings. The fourth-order valence-corrected chi connectivity index (χ4v) is 4.93. The highest BCUT2D eigenvalue weighted by Gasteiger charge is 2.24. The molecule has 1 aliphatic carbocycles. The van der Waals surface area contributed by atoms with E-state index in [1.54, 1.807) is 12.3 Å². The molecular formula is C27H32ClN3O2. The molecule has 3 aromatic rings. The molecule has 1 aromatic heterocycles. The van der Waals surface area contributed by atoms with Crippen LogP contribution in [0.2, 0.25) is 5.02 Å². The molecule has 5 nitrogen and oxygen atoms in total. The van der Waals surface area contributed by atoms with Crippen molar-refractivity contribution in [3.8, 4) is 16.9 Å². The second kappa shape index (κ2) is 9.70. The van der Waals surface area contributed by atoms with Crippen LogP contribution in [0.1, 0.15) is 55.5 Å². The maximum Gasteiger partial charge on any atom is 0.169 e. The predicted molar refractivity (Wildman–Crippen MR) is 136 cm³/mol. The molecule has 4 rings (SSSR count). The molecule has 174 valence electrons. The standard InChI is InChI=1S/C27H32ClN3O2/c1-15(2)26(32)22-14-30-24-10-5-17(18-11-16(3)27(33)23(28)13-18)12-21(24)25(22)31-20-8-6-19(29-4)7-9-20/h5,10-15,19-20,29,33H,6-9H2,1-4H3,(H,30,31). The van der Waals surface area contributed by atoms with Crippen LogP contribution in [-0.2, 0) is 0 Å². The van der Waals surface area contributed by atoms with Gasteiger partial charge < -0.3 is 15.7 Å². The molecule has 0 saturated heterocycles. The number of aromatic nitrogens is 1. The predicted octanol–water partition coefficient (Wildman–Crippen LogP) is 6.35. The number of nitrogens with one attached hydrogen (secondary N) is 2. The number of phenols is 1. The number of aryl methyl sites for hydroxylation is 1. The second-order valence-corrected chi connectivity index (χ2v) is 9.81. The summed E-state index contributed by atoms with van der Waals surface area (Å²) >= 11 is 6.25. The first-order valence-corrected chi connectivity index (χ1v) is 12.1. The van der Waals surface area contributed by atoms with Crippen LogP contribution in [0, 0.1) is 12.8 Å². The van der Waals surface area contributed by atoms with E-state index in [-0.39, 0.29) is 17.5 Å². The lowest BCUT2D eigenvalue weighted by molar-refractivity contribution is 0.0940. The first-order valence-electron chi connectivity index (χ1n) is 11.7. The van der Waals surface area contributed by atoms with Crippen LogP contribution in [0.4, 0.5) is 5.69 Å². The molecule has 3 N–H and O–H groups in total. The number of pyridine rings is 1. The third kappa shape index (κ3) is 4.85. The Balaban J connectivity index is 1.81. The third-order valence-electron chi connectivity index (χ3n) is 6.73. The van der Waals surface area contributed by atoms with E-state index in [0.717, 1.165) is 59.0 Å². The van der Waals surface area contributed by atoms with Crippen LogP contribution in [-0.4, -0.2) is 35.0 Å². The Morgan fingerprint density at radius 2 is 1.79 bits per heavy atom. The number of halogens is 1. The molecule has 0 atom stereocenters. The zero-order valence-electron chi connectivity index (χ0n) is 19.7. The largest absolute Gasteiger partial charge is 0.506 e. The van der Waals surface area contributed by atoms with Gasteiger partial charge in [-0.05, 0) is 80.6 Å². The Labute approximate surface area is 200 Å². The number of hydrogen-bond acceptors (Lipinski definition) is 5. The third-order valence-corrected chi connectivity index (χ3v) is 7.02. The number of nitrogens with zero attached hydrogens (tertiary/aromatic N) is 1. The molecule has 0 radical (unpaired) electrons. The van der Waals surface area contributed by atoms with Gasteiger partial charge in [-0.3, -0.25) is 9.78 Å². The number of Topliss-reactive ketones (excluding diaryl/α,β-unsaturated/α-hetero) is 1. The van der Waals surface area contributed by atoms with Gasteiger partial charge in [-0.2, -0.15) is 0 Å². The lowest BCUT2D eigenvalue weighted by Crippen LogP contribution is -2.35. The second-order valence-electron chi connectivity index (χ2n) is 9.40. The number of hydrogen-bond donors (Lipinski definition) is 3. The van der Waals surface area contributed by atoms with Crippen molar-refractivity contribution in [1.82, 2.24) is 10.3 Å². The number of benzene rings is 2. The first-order chi connectivity index (χ1) is 15.8. The fraction of sp³-hybridized carbons (Fsp3) is 0.407. The molecule has 33 heavy (non-hydrogen) atoms. The Bertz CT molecular complexity index is 1160. The number of fused-ring (bicyclic) bond motifs is 1. The lowest BCUT2D eigenvalue weighted by Gasteiger charge is -2.30. The van der Waals surface area contributed by atoms with Crippen molar-refractivity contribution >= 4 is 34.0 Å². The Morgan fingerprint density at radius 3 is 2.42 bits per heavy atom. The summed E-state index contributed by atoms with van der Waals surface area (Å²) < 4.78 is 0. The minimum absolute atomic E-state index is 0.0877. The minimum Gasteiger partial charge on any atom is -0.506 e. The van der Waals surface area contributed by atoms with Gasteiger partial charge in [0, 0.05) is 29.6 Å². The number of rotatable bonds is 6. The number of carbonyl (C=O) groups is 1. The van der Waals surface area contributed by atoms with Gasteiger partial charge in [0.15, 0.2) is 5.78 Å². The van der Waals surface area contributed by atoms with Crippen LogP contribution in [0.25, 0.3) is 22.0 Å². The number of aromatic hydroxyl groups is 1. The van der Waals surface area contributed by atoms with Gasteiger partial charge in [-0.15, -0.1) is 0 Å². The molecule has 2 aromatic carbocycles. The maximum absolute atomic E-state index is 13.1. The van der Waals surface area contributed by atoms with Crippen molar-refractivity contribution in [2.45, 2.75) is 58.5 Å². The quantitative estimate of drug-likeness (QED) is 0.370. The molecule has 0 unspecified atom stereocenters. The number of carbonyl (C=O) groups excluding carboxylic acids is 1. The molecule has 0 amide bonds. The van der Waals surface area contributed by atoms with Crippen molar-refractivity contribution in [1.29, 1.82) is 0 Å². The van der Waals surface area contributed by atoms with Crippen LogP contribution in [0.3, 0.4) is 0 Å². The zero-order chi connectivity index (χ0) is 23.7. The summed E-state index contributed by atoms with van der Waals surface area (Å²) in [7, 11) is 2.02. The summed E-state index contributed by atoms with van der Waals surface area (Å²) in [5.41, 5.74) is 4.95. The molecule has 1 heterocycles. The molecule has 0 bridgehead atoms. The summed E-state index contributed by atoms with van der Waals surface area (Å²) in [5.74, 6) is 0.0727. The summed E-state index contributed by atoms with van der Waals surface area (Å²) in [6.07, 6.45) is 6.05. The molecule has 6 heteroatoms. The minimum atomic E-state index is -0.119. The smallest absolute Gasteiger partial charge is 0.169 e. The van der Waals surface area contributed by atoms with E-state index in [1.165, 1.54) is 0 Å². The molecule has 1 saturated carbocycles. The average Bonchev–Trinajstić information content (AvgIpc) is 2.82. The molecule has 1 aliphatic rings. The van der Waals surface area contributed by atoms with E-state index in [0.29, 0.717) is 22.7 Å². The summed E-state index contributed by atoms with van der Waals surface area (Å²) in [6.45, 7) is 5.68. The van der Waals surface area contributed by atoms with Crippen LogP contribution >= 0.6 is 11.6 Å². The van der Waals surface area contributed by atoms with E-state index < -0.39 is 0 Å². The van der Waals surface area contributed by atoms with Crippen molar-refractivity contribution in [2.24, 2.45) is 5.92 Å². The van der Waals surface area contributed by atoms with Gasteiger partial charge in [0.25, 0.3) is 0 Å². The Kier molecular flexibility index (Phi) is 6.91. The molecule has 0 aliphatic heterocycles. The lowest BCUT2D eigenvalue weighted by atomic mass is 9.90. The highest BCUT2D eigenvalue weighted by atomic mass is 35.5. The van der Waals surface area contributed by atoms with Crippen molar-refractivity contribution in [3.05, 3.63) is 52.7 Å². The highest BCUT2D eigenvalue weighted by Crippen LogP contribution is 2.37. The maximum atomic E-state index is 13.1. The number of anilines is 1. The number of ketones is 1. The van der Waals surface area contributed by atoms with Crippen molar-refractivity contribution < 1.29 is 9.90 Å². The summed E-state index contributed by atoms with van der Waals surface area (Å²) in [4.78, 5) is 17.7. The van der Waals surface area contributed by atoms with E-state index in [2.05, 4.69) is 21.7 Å². The monoisotopic (exact) mass is 465 g/mol. The van der Waals surface area contributed by atoms with Crippen molar-refractivity contribution in [3.63, 3.8) is 0 Å². The fourth-order valence-electron chi connectivity index (χ4n) is 4.66. The van der Waals surface area contributed by atoms with E-state index in [9.17, 15) is 9.90 Å². The number of phenolic OH excluding ortho intramolecular Hbond substituents is 1. The van der Waals surface area contributed by atoms with Gasteiger partial charge in [-0.25, -0.2) is 0 Å². The SMILES string of the molecule is CNC1CCC(Nc2c(C(=O)C(C)C)cnc3ccc(-c4cc(C)c(O)c(Cl)c4)cc23)CC1. The zero-order valence-corrected chi connectivity index (χ0v) is 20.5.